The molecule has 4 heterocycles. The Balaban J connectivity index is 1.29. The van der Waals surface area contributed by atoms with Crippen molar-refractivity contribution >= 4 is 31.1 Å². The van der Waals surface area contributed by atoms with E-state index in [2.05, 4.69) is 39.2 Å². The number of carbonyl (C=O) groups is 2. The quantitative estimate of drug-likeness (QED) is 0.187. The maximum Gasteiger partial charge on any atom is 0.343 e. The molecule has 0 saturated heterocycles. The SMILES string of the molecule is CC[C@@]1(O)C(=O)OCc2c1cc1n(c2=O)Cc2c-1nc1cc(F)c(C)c3c1c2[C@@H](NC(=O)C(O)C1(CO[Si](C)(C)C(C)(C)C)CC1)CC3. The molecule has 0 bridgehead atoms. The zero-order valence-electron chi connectivity index (χ0n) is 28.7. The minimum Gasteiger partial charge on any atom is -0.458 e. The predicted octanol–water partition coefficient (Wildman–Crippen LogP) is 4.79. The van der Waals surface area contributed by atoms with E-state index in [0.717, 1.165) is 16.5 Å². The van der Waals surface area contributed by atoms with Gasteiger partial charge in [-0.2, -0.15) is 0 Å². The fraction of sp³-hybridized carbons (Fsp3) is 0.556. The van der Waals surface area contributed by atoms with Crippen molar-refractivity contribution in [3.05, 3.63) is 61.7 Å². The van der Waals surface area contributed by atoms with Crippen LogP contribution in [-0.4, -0.2) is 52.7 Å². The first-order valence-corrected chi connectivity index (χ1v) is 19.8. The van der Waals surface area contributed by atoms with Crippen LogP contribution in [0.25, 0.3) is 22.3 Å². The van der Waals surface area contributed by atoms with Crippen molar-refractivity contribution in [3.8, 4) is 11.4 Å². The molecule has 3 aromatic rings. The van der Waals surface area contributed by atoms with E-state index in [4.69, 9.17) is 14.1 Å². The highest BCUT2D eigenvalue weighted by Crippen LogP contribution is 2.51. The minimum absolute atomic E-state index is 0.00688. The lowest BCUT2D eigenvalue weighted by atomic mass is 9.81. The first-order valence-electron chi connectivity index (χ1n) is 16.9. The van der Waals surface area contributed by atoms with Crippen LogP contribution in [0, 0.1) is 18.2 Å². The molecule has 1 amide bonds. The number of aliphatic hydroxyl groups excluding tert-OH is 1. The fourth-order valence-electron chi connectivity index (χ4n) is 7.43. The molecule has 2 aromatic heterocycles. The largest absolute Gasteiger partial charge is 0.458 e. The van der Waals surface area contributed by atoms with E-state index in [0.29, 0.717) is 60.3 Å². The summed E-state index contributed by atoms with van der Waals surface area (Å²) < 4.78 is 28.5. The number of aromatic nitrogens is 2. The molecular weight excluding hydrogens is 633 g/mol. The van der Waals surface area contributed by atoms with Crippen molar-refractivity contribution < 1.29 is 33.4 Å². The Morgan fingerprint density at radius 3 is 2.58 bits per heavy atom. The molecule has 12 heteroatoms. The van der Waals surface area contributed by atoms with Crippen molar-refractivity contribution in [2.45, 2.75) is 116 Å². The van der Waals surface area contributed by atoms with Crippen LogP contribution in [-0.2, 0) is 43.9 Å². The Morgan fingerprint density at radius 2 is 1.94 bits per heavy atom. The molecule has 3 atom stereocenters. The second-order valence-electron chi connectivity index (χ2n) is 15.7. The molecule has 2 aliphatic carbocycles. The molecule has 256 valence electrons. The number of carbonyl (C=O) groups excluding carboxylic acids is 2. The lowest BCUT2D eigenvalue weighted by Gasteiger charge is -2.38. The molecule has 3 N–H and O–H groups in total. The van der Waals surface area contributed by atoms with Gasteiger partial charge in [0.15, 0.2) is 13.9 Å². The maximum absolute atomic E-state index is 15.3. The number of nitrogens with zero attached hydrogens (tertiary/aromatic N) is 2. The van der Waals surface area contributed by atoms with Crippen LogP contribution in [0.5, 0.6) is 0 Å². The van der Waals surface area contributed by atoms with Crippen LogP contribution in [0.4, 0.5) is 4.39 Å². The first-order chi connectivity index (χ1) is 22.4. The number of rotatable bonds is 7. The van der Waals surface area contributed by atoms with Gasteiger partial charge in [0.2, 0.25) is 5.91 Å². The zero-order valence-corrected chi connectivity index (χ0v) is 29.7. The van der Waals surface area contributed by atoms with Gasteiger partial charge in [0.1, 0.15) is 18.5 Å². The predicted molar refractivity (Wildman–Crippen MR) is 179 cm³/mol. The van der Waals surface area contributed by atoms with Crippen molar-refractivity contribution in [2.75, 3.05) is 6.61 Å². The molecule has 0 spiro atoms. The Morgan fingerprint density at radius 1 is 1.23 bits per heavy atom. The minimum atomic E-state index is -2.10. The van der Waals surface area contributed by atoms with Crippen molar-refractivity contribution in [1.29, 1.82) is 0 Å². The van der Waals surface area contributed by atoms with E-state index in [-0.39, 0.29) is 35.7 Å². The number of fused-ring (bicyclic) bond motifs is 5. The molecule has 1 aromatic carbocycles. The second kappa shape index (κ2) is 10.8. The van der Waals surface area contributed by atoms with Crippen molar-refractivity contribution in [1.82, 2.24) is 14.9 Å². The normalized spacial score (nSPS) is 22.9. The Hall–Kier alpha value is -3.45. The van der Waals surface area contributed by atoms with Gasteiger partial charge >= 0.3 is 5.97 Å². The smallest absolute Gasteiger partial charge is 0.343 e. The lowest BCUT2D eigenvalue weighted by molar-refractivity contribution is -0.172. The van der Waals surface area contributed by atoms with E-state index in [1.54, 1.807) is 24.5 Å². The highest BCUT2D eigenvalue weighted by atomic mass is 28.4. The Labute approximate surface area is 279 Å². The van der Waals surface area contributed by atoms with E-state index in [9.17, 15) is 24.6 Å². The number of aryl methyl sites for hydroxylation is 1. The monoisotopic (exact) mass is 677 g/mol. The van der Waals surface area contributed by atoms with Crippen molar-refractivity contribution in [2.24, 2.45) is 5.41 Å². The van der Waals surface area contributed by atoms with Crippen LogP contribution < -0.4 is 10.9 Å². The number of pyridine rings is 2. The number of benzene rings is 1. The molecule has 1 saturated carbocycles. The topological polar surface area (TPSA) is 140 Å². The van der Waals surface area contributed by atoms with Gasteiger partial charge < -0.3 is 29.3 Å². The van der Waals surface area contributed by atoms with Gasteiger partial charge in [-0.3, -0.25) is 9.59 Å². The van der Waals surface area contributed by atoms with Gasteiger partial charge in [0.25, 0.3) is 5.56 Å². The van der Waals surface area contributed by atoms with E-state index in [1.165, 1.54) is 6.07 Å². The summed E-state index contributed by atoms with van der Waals surface area (Å²) in [6.07, 6.45) is 1.09. The molecule has 10 nitrogen and oxygen atoms in total. The number of halogens is 1. The van der Waals surface area contributed by atoms with Gasteiger partial charge in [-0.15, -0.1) is 0 Å². The number of ether oxygens (including phenoxy) is 1. The van der Waals surface area contributed by atoms with E-state index in [1.807, 2.05) is 0 Å². The fourth-order valence-corrected chi connectivity index (χ4v) is 8.51. The third-order valence-electron chi connectivity index (χ3n) is 11.9. The van der Waals surface area contributed by atoms with Gasteiger partial charge in [-0.05, 0) is 79.9 Å². The molecule has 7 rings (SSSR count). The number of hydrogen-bond acceptors (Lipinski definition) is 8. The molecule has 1 fully saturated rings. The van der Waals surface area contributed by atoms with Gasteiger partial charge in [-0.25, -0.2) is 14.2 Å². The number of cyclic esters (lactones) is 1. The van der Waals surface area contributed by atoms with Crippen LogP contribution in [0.15, 0.2) is 16.9 Å². The van der Waals surface area contributed by atoms with Crippen molar-refractivity contribution in [3.63, 3.8) is 0 Å². The van der Waals surface area contributed by atoms with E-state index < -0.39 is 54.7 Å². The molecule has 0 radical (unpaired) electrons. The van der Waals surface area contributed by atoms with Gasteiger partial charge in [-0.1, -0.05) is 27.7 Å². The average Bonchev–Trinajstić information content (AvgIpc) is 3.74. The third-order valence-corrected chi connectivity index (χ3v) is 16.4. The number of aliphatic hydroxyl groups is 2. The molecule has 1 unspecified atom stereocenters. The third kappa shape index (κ3) is 4.73. The maximum atomic E-state index is 15.3. The molecule has 4 aliphatic rings. The van der Waals surface area contributed by atoms with Gasteiger partial charge in [0.05, 0.1) is 35.1 Å². The van der Waals surface area contributed by atoms with E-state index >= 15 is 4.39 Å². The Bertz CT molecular complexity index is 1980. The number of esters is 1. The summed E-state index contributed by atoms with van der Waals surface area (Å²) in [4.78, 5) is 45.3. The molecular formula is C36H44FN3O7Si. The summed E-state index contributed by atoms with van der Waals surface area (Å²) in [5, 5.41) is 26.6. The second-order valence-corrected chi connectivity index (χ2v) is 20.5. The van der Waals surface area contributed by atoms with Crippen LogP contribution in [0.2, 0.25) is 18.1 Å². The first kappa shape index (κ1) is 33.1. The zero-order chi connectivity index (χ0) is 34.7. The van der Waals surface area contributed by atoms with Crippen LogP contribution in [0.1, 0.15) is 92.8 Å². The molecule has 48 heavy (non-hydrogen) atoms. The van der Waals surface area contributed by atoms with Gasteiger partial charge in [0, 0.05) is 34.6 Å². The van der Waals surface area contributed by atoms with Crippen LogP contribution in [0.3, 0.4) is 0 Å². The summed E-state index contributed by atoms with van der Waals surface area (Å²) in [5.74, 6) is -1.69. The summed E-state index contributed by atoms with van der Waals surface area (Å²) >= 11 is 0. The number of hydrogen-bond donors (Lipinski definition) is 3. The Kier molecular flexibility index (Phi) is 7.42. The number of nitrogens with one attached hydrogen (secondary N) is 1. The summed E-state index contributed by atoms with van der Waals surface area (Å²) in [7, 11) is -2.10. The average molecular weight is 678 g/mol. The van der Waals surface area contributed by atoms with Crippen LogP contribution >= 0.6 is 0 Å². The highest BCUT2D eigenvalue weighted by Gasteiger charge is 2.54. The molecule has 2 aliphatic heterocycles. The number of amides is 1. The summed E-state index contributed by atoms with van der Waals surface area (Å²) in [6, 6.07) is 2.48. The highest BCUT2D eigenvalue weighted by molar-refractivity contribution is 6.74. The standard InChI is InChI=1S/C36H44FN3O7Si/c1-8-36(45)22-13-26-29-20(15-40(26)32(43)21(22)16-46-33(36)44)28-24(10-9-19-18(2)23(37)14-25(38-29)27(19)28)39-31(42)30(41)35(11-12-35)17-47-48(6,7)34(3,4)5/h13-14,24,30,41,45H,8-12,15-17H2,1-7H3,(H,39,42)/t24-,30?,36-/m0/s1. The lowest BCUT2D eigenvalue weighted by Crippen LogP contribution is -2.47. The summed E-state index contributed by atoms with van der Waals surface area (Å²) in [5.41, 5.74) is 1.41. The summed E-state index contributed by atoms with van der Waals surface area (Å²) in [6.45, 7) is 14.4.